The number of likely N-dealkylation sites (N-methyl/N-ethyl adjacent to an activating group) is 1. The molecule has 0 spiro atoms. The van der Waals surface area contributed by atoms with Crippen LogP contribution in [-0.4, -0.2) is 25.0 Å². The van der Waals surface area contributed by atoms with Gasteiger partial charge in [0.05, 0.1) is 6.54 Å². The molecule has 0 aliphatic heterocycles. The van der Waals surface area contributed by atoms with Crippen LogP contribution in [-0.2, 0) is 4.79 Å². The summed E-state index contributed by atoms with van der Waals surface area (Å²) in [6.45, 7) is 2.96. The van der Waals surface area contributed by atoms with E-state index in [-0.39, 0.29) is 11.7 Å². The quantitative estimate of drug-likeness (QED) is 0.836. The number of hydrogen-bond donors (Lipinski definition) is 2. The Balaban J connectivity index is 1.70. The maximum Gasteiger partial charge on any atom is 0.233 e. The molecule has 98 valence electrons. The lowest BCUT2D eigenvalue weighted by Crippen LogP contribution is -2.44. The van der Waals surface area contributed by atoms with Gasteiger partial charge in [0.25, 0.3) is 0 Å². The second kappa shape index (κ2) is 5.96. The van der Waals surface area contributed by atoms with Crippen LogP contribution in [0.3, 0.4) is 0 Å². The summed E-state index contributed by atoms with van der Waals surface area (Å²) in [5.74, 6) is 0.351. The van der Waals surface area contributed by atoms with E-state index in [0.717, 1.165) is 12.8 Å². The van der Waals surface area contributed by atoms with E-state index in [4.69, 9.17) is 0 Å². The first-order valence-corrected chi connectivity index (χ1v) is 6.44. The summed E-state index contributed by atoms with van der Waals surface area (Å²) in [6.07, 6.45) is 2.04. The summed E-state index contributed by atoms with van der Waals surface area (Å²) in [6, 6.07) is 7.11. The number of rotatable bonds is 5. The highest BCUT2D eigenvalue weighted by Crippen LogP contribution is 2.36. The van der Waals surface area contributed by atoms with E-state index in [9.17, 15) is 9.18 Å². The molecule has 1 saturated carbocycles. The van der Waals surface area contributed by atoms with E-state index in [1.807, 2.05) is 19.1 Å². The first-order valence-electron chi connectivity index (χ1n) is 6.44. The maximum absolute atomic E-state index is 12.8. The highest BCUT2D eigenvalue weighted by atomic mass is 19.1. The van der Waals surface area contributed by atoms with Crippen LogP contribution in [0.2, 0.25) is 0 Å². The Bertz CT molecular complexity index is 399. The van der Waals surface area contributed by atoms with Gasteiger partial charge in [0.1, 0.15) is 5.82 Å². The molecule has 1 amide bonds. The van der Waals surface area contributed by atoms with Crippen LogP contribution in [0.25, 0.3) is 0 Å². The lowest BCUT2D eigenvalue weighted by molar-refractivity contribution is -0.120. The van der Waals surface area contributed by atoms with Crippen LogP contribution in [0, 0.1) is 5.82 Å². The van der Waals surface area contributed by atoms with Gasteiger partial charge in [0.15, 0.2) is 0 Å². The number of amides is 1. The van der Waals surface area contributed by atoms with Crippen molar-refractivity contribution in [2.75, 3.05) is 13.1 Å². The van der Waals surface area contributed by atoms with E-state index in [2.05, 4.69) is 10.6 Å². The van der Waals surface area contributed by atoms with Gasteiger partial charge in [-0.3, -0.25) is 4.79 Å². The van der Waals surface area contributed by atoms with Crippen LogP contribution in [0.15, 0.2) is 24.3 Å². The van der Waals surface area contributed by atoms with Crippen LogP contribution in [0.1, 0.15) is 31.2 Å². The molecule has 0 heterocycles. The van der Waals surface area contributed by atoms with Crippen molar-refractivity contribution in [1.29, 1.82) is 0 Å². The van der Waals surface area contributed by atoms with Gasteiger partial charge in [0, 0.05) is 12.6 Å². The number of benzene rings is 1. The van der Waals surface area contributed by atoms with Gasteiger partial charge in [-0.1, -0.05) is 12.1 Å². The number of halogens is 1. The SMILES string of the molecule is CCNC(=O)CNC1CC(c2ccc(F)cc2)C1. The van der Waals surface area contributed by atoms with E-state index < -0.39 is 0 Å². The largest absolute Gasteiger partial charge is 0.355 e. The van der Waals surface area contributed by atoms with E-state index in [1.54, 1.807) is 0 Å². The minimum atomic E-state index is -0.191. The maximum atomic E-state index is 12.8. The Morgan fingerprint density at radius 3 is 2.61 bits per heavy atom. The molecule has 0 saturated heterocycles. The molecular formula is C14H19FN2O. The minimum absolute atomic E-state index is 0.0442. The molecule has 1 aromatic carbocycles. The predicted molar refractivity (Wildman–Crippen MR) is 68.8 cm³/mol. The van der Waals surface area contributed by atoms with Crippen LogP contribution < -0.4 is 10.6 Å². The molecule has 0 aromatic heterocycles. The van der Waals surface area contributed by atoms with Crippen molar-refractivity contribution in [3.8, 4) is 0 Å². The molecule has 0 unspecified atom stereocenters. The molecule has 2 rings (SSSR count). The van der Waals surface area contributed by atoms with Gasteiger partial charge < -0.3 is 10.6 Å². The van der Waals surface area contributed by atoms with Crippen molar-refractivity contribution in [3.05, 3.63) is 35.6 Å². The number of carbonyl (C=O) groups excluding carboxylic acids is 1. The fraction of sp³-hybridized carbons (Fsp3) is 0.500. The first-order chi connectivity index (χ1) is 8.69. The summed E-state index contributed by atoms with van der Waals surface area (Å²) < 4.78 is 12.8. The Morgan fingerprint density at radius 2 is 2.00 bits per heavy atom. The predicted octanol–water partition coefficient (Wildman–Crippen LogP) is 1.80. The molecule has 2 N–H and O–H groups in total. The molecule has 1 aromatic rings. The first kappa shape index (κ1) is 13.0. The molecule has 1 aliphatic carbocycles. The lowest BCUT2D eigenvalue weighted by atomic mass is 9.76. The fourth-order valence-corrected chi connectivity index (χ4v) is 2.29. The van der Waals surface area contributed by atoms with Crippen molar-refractivity contribution in [1.82, 2.24) is 10.6 Å². The Labute approximate surface area is 107 Å². The van der Waals surface area contributed by atoms with E-state index >= 15 is 0 Å². The second-order valence-corrected chi connectivity index (χ2v) is 4.75. The molecule has 0 atom stereocenters. The van der Waals surface area contributed by atoms with Crippen molar-refractivity contribution >= 4 is 5.91 Å². The molecule has 1 fully saturated rings. The molecule has 0 radical (unpaired) electrons. The third kappa shape index (κ3) is 3.29. The van der Waals surface area contributed by atoms with Gasteiger partial charge in [-0.2, -0.15) is 0 Å². The minimum Gasteiger partial charge on any atom is -0.355 e. The Hall–Kier alpha value is -1.42. The molecule has 18 heavy (non-hydrogen) atoms. The van der Waals surface area contributed by atoms with Gasteiger partial charge in [0.2, 0.25) is 5.91 Å². The summed E-state index contributed by atoms with van der Waals surface area (Å²) in [7, 11) is 0. The normalized spacial score (nSPS) is 22.3. The van der Waals surface area contributed by atoms with Crippen molar-refractivity contribution < 1.29 is 9.18 Å². The number of hydrogen-bond acceptors (Lipinski definition) is 2. The van der Waals surface area contributed by atoms with Gasteiger partial charge >= 0.3 is 0 Å². The van der Waals surface area contributed by atoms with Crippen LogP contribution in [0.4, 0.5) is 4.39 Å². The molecule has 4 heteroatoms. The molecule has 3 nitrogen and oxygen atoms in total. The summed E-state index contributed by atoms with van der Waals surface area (Å²) in [5, 5.41) is 5.98. The van der Waals surface area contributed by atoms with E-state index in [0.29, 0.717) is 25.0 Å². The summed E-state index contributed by atoms with van der Waals surface area (Å²) in [5.41, 5.74) is 1.19. The van der Waals surface area contributed by atoms with Crippen LogP contribution in [0.5, 0.6) is 0 Å². The van der Waals surface area contributed by atoms with Crippen molar-refractivity contribution in [3.63, 3.8) is 0 Å². The molecular weight excluding hydrogens is 231 g/mol. The number of carbonyl (C=O) groups is 1. The average molecular weight is 250 g/mol. The van der Waals surface area contributed by atoms with Gasteiger partial charge in [-0.25, -0.2) is 4.39 Å². The smallest absolute Gasteiger partial charge is 0.233 e. The topological polar surface area (TPSA) is 41.1 Å². The Kier molecular flexibility index (Phi) is 4.31. The highest BCUT2D eigenvalue weighted by Gasteiger charge is 2.30. The highest BCUT2D eigenvalue weighted by molar-refractivity contribution is 5.77. The third-order valence-corrected chi connectivity index (χ3v) is 3.40. The fourth-order valence-electron chi connectivity index (χ4n) is 2.29. The Morgan fingerprint density at radius 1 is 1.33 bits per heavy atom. The second-order valence-electron chi connectivity index (χ2n) is 4.75. The van der Waals surface area contributed by atoms with Gasteiger partial charge in [-0.05, 0) is 43.4 Å². The average Bonchev–Trinajstić information content (AvgIpc) is 2.29. The van der Waals surface area contributed by atoms with E-state index in [1.165, 1.54) is 17.7 Å². The molecule has 0 bridgehead atoms. The standard InChI is InChI=1S/C14H19FN2O/c1-2-16-14(18)9-17-13-7-11(8-13)10-3-5-12(15)6-4-10/h3-6,11,13,17H,2,7-9H2,1H3,(H,16,18). The van der Waals surface area contributed by atoms with Crippen molar-refractivity contribution in [2.24, 2.45) is 0 Å². The van der Waals surface area contributed by atoms with Crippen molar-refractivity contribution in [2.45, 2.75) is 31.7 Å². The monoisotopic (exact) mass is 250 g/mol. The lowest BCUT2D eigenvalue weighted by Gasteiger charge is -2.36. The third-order valence-electron chi connectivity index (χ3n) is 3.40. The summed E-state index contributed by atoms with van der Waals surface area (Å²) >= 11 is 0. The summed E-state index contributed by atoms with van der Waals surface area (Å²) in [4.78, 5) is 11.3. The van der Waals surface area contributed by atoms with Crippen LogP contribution >= 0.6 is 0 Å². The zero-order valence-corrected chi connectivity index (χ0v) is 10.6. The zero-order chi connectivity index (χ0) is 13.0. The molecule has 1 aliphatic rings. The zero-order valence-electron chi connectivity index (χ0n) is 10.6. The van der Waals surface area contributed by atoms with Gasteiger partial charge in [-0.15, -0.1) is 0 Å². The number of nitrogens with one attached hydrogen (secondary N) is 2.